The second-order valence-electron chi connectivity index (χ2n) is 4.02. The molecule has 0 N–H and O–H groups in total. The summed E-state index contributed by atoms with van der Waals surface area (Å²) in [7, 11) is 2.25. The summed E-state index contributed by atoms with van der Waals surface area (Å²) in [5.74, 6) is 0.607. The lowest BCUT2D eigenvalue weighted by molar-refractivity contribution is 0.625. The van der Waals surface area contributed by atoms with Crippen LogP contribution >= 0.6 is 0 Å². The van der Waals surface area contributed by atoms with Crippen LogP contribution in [-0.4, -0.2) is 17.8 Å². The van der Waals surface area contributed by atoms with E-state index in [0.717, 1.165) is 17.8 Å². The molecule has 1 unspecified atom stereocenters. The van der Waals surface area contributed by atoms with Gasteiger partial charge in [-0.05, 0) is 32.5 Å². The molecule has 0 radical (unpaired) electrons. The van der Waals surface area contributed by atoms with Gasteiger partial charge in [0, 0.05) is 0 Å². The summed E-state index contributed by atoms with van der Waals surface area (Å²) in [6.07, 6.45) is 3.66. The molecule has 2 rings (SSSR count). The first-order valence-electron chi connectivity index (χ1n) is 5.02. The Bertz CT molecular complexity index is 336. The maximum atomic E-state index is 4.63. The lowest BCUT2D eigenvalue weighted by Crippen LogP contribution is -2.15. The summed E-state index contributed by atoms with van der Waals surface area (Å²) in [5, 5.41) is 0. The van der Waals surface area contributed by atoms with Crippen LogP contribution in [0.2, 0.25) is 0 Å². The third-order valence-corrected chi connectivity index (χ3v) is 2.93. The van der Waals surface area contributed by atoms with Crippen molar-refractivity contribution in [2.24, 2.45) is 0 Å². The number of nitrogens with zero attached hydrogens (tertiary/aromatic N) is 2. The van der Waals surface area contributed by atoms with Crippen molar-refractivity contribution in [1.82, 2.24) is 9.97 Å². The standard InChI is InChI=1S/C10H15BN2/c1-6-7(2)13-10-8(11)4-3-5-9(10)12-6/h8H,3-5,11H2,1-2H3. The fourth-order valence-corrected chi connectivity index (χ4v) is 1.96. The number of aryl methyl sites for hydroxylation is 3. The summed E-state index contributed by atoms with van der Waals surface area (Å²) in [6.45, 7) is 4.09. The van der Waals surface area contributed by atoms with Gasteiger partial charge in [-0.3, -0.25) is 9.97 Å². The minimum Gasteiger partial charge on any atom is -0.255 e. The largest absolute Gasteiger partial charge is 0.255 e. The fraction of sp³-hybridized carbons (Fsp3) is 0.600. The fourth-order valence-electron chi connectivity index (χ4n) is 1.96. The average Bonchev–Trinajstić information content (AvgIpc) is 2.09. The van der Waals surface area contributed by atoms with Crippen LogP contribution in [0.15, 0.2) is 0 Å². The molecule has 0 aromatic carbocycles. The molecule has 13 heavy (non-hydrogen) atoms. The average molecular weight is 174 g/mol. The molecule has 0 saturated heterocycles. The Hall–Kier alpha value is -0.855. The summed E-state index contributed by atoms with van der Waals surface area (Å²) >= 11 is 0. The Labute approximate surface area is 80.2 Å². The summed E-state index contributed by atoms with van der Waals surface area (Å²) in [6, 6.07) is 0. The molecular formula is C10H15BN2. The molecule has 1 aromatic rings. The predicted octanol–water partition coefficient (Wildman–Crippen LogP) is 1.10. The number of aromatic nitrogens is 2. The molecule has 1 aromatic heterocycles. The van der Waals surface area contributed by atoms with Crippen molar-refractivity contribution in [3.63, 3.8) is 0 Å². The zero-order chi connectivity index (χ0) is 9.42. The van der Waals surface area contributed by atoms with Gasteiger partial charge in [0.25, 0.3) is 0 Å². The lowest BCUT2D eigenvalue weighted by atomic mass is 9.75. The van der Waals surface area contributed by atoms with Gasteiger partial charge < -0.3 is 0 Å². The first-order valence-corrected chi connectivity index (χ1v) is 5.02. The van der Waals surface area contributed by atoms with Crippen molar-refractivity contribution < 1.29 is 0 Å². The molecule has 1 heterocycles. The summed E-state index contributed by atoms with van der Waals surface area (Å²) in [5.41, 5.74) is 4.66. The van der Waals surface area contributed by atoms with Gasteiger partial charge >= 0.3 is 0 Å². The summed E-state index contributed by atoms with van der Waals surface area (Å²) < 4.78 is 0. The van der Waals surface area contributed by atoms with E-state index in [-0.39, 0.29) is 0 Å². The molecular weight excluding hydrogens is 159 g/mol. The van der Waals surface area contributed by atoms with E-state index >= 15 is 0 Å². The molecule has 1 aliphatic carbocycles. The Morgan fingerprint density at radius 3 is 2.69 bits per heavy atom. The van der Waals surface area contributed by atoms with Crippen molar-refractivity contribution >= 4 is 7.85 Å². The first kappa shape index (κ1) is 8.73. The van der Waals surface area contributed by atoms with Crippen LogP contribution in [-0.2, 0) is 6.42 Å². The van der Waals surface area contributed by atoms with E-state index in [9.17, 15) is 0 Å². The normalized spacial score (nSPS) is 21.2. The van der Waals surface area contributed by atoms with Gasteiger partial charge in [-0.1, -0.05) is 6.42 Å². The van der Waals surface area contributed by atoms with Crippen molar-refractivity contribution in [1.29, 1.82) is 0 Å². The monoisotopic (exact) mass is 174 g/mol. The number of fused-ring (bicyclic) bond motifs is 1. The molecule has 2 nitrogen and oxygen atoms in total. The maximum Gasteiger partial charge on any atom is 0.113 e. The second kappa shape index (κ2) is 3.13. The van der Waals surface area contributed by atoms with Crippen LogP contribution in [0.4, 0.5) is 0 Å². The lowest BCUT2D eigenvalue weighted by Gasteiger charge is -2.21. The third kappa shape index (κ3) is 1.47. The number of hydrogen-bond donors (Lipinski definition) is 0. The zero-order valence-corrected chi connectivity index (χ0v) is 8.59. The molecule has 0 aliphatic heterocycles. The van der Waals surface area contributed by atoms with Crippen molar-refractivity contribution in [3.8, 4) is 0 Å². The highest BCUT2D eigenvalue weighted by Crippen LogP contribution is 2.26. The van der Waals surface area contributed by atoms with Crippen LogP contribution in [0.5, 0.6) is 0 Å². The van der Waals surface area contributed by atoms with Crippen LogP contribution in [0.1, 0.15) is 41.4 Å². The van der Waals surface area contributed by atoms with Gasteiger partial charge in [0.1, 0.15) is 7.85 Å². The highest BCUT2D eigenvalue weighted by molar-refractivity contribution is 6.12. The minimum absolute atomic E-state index is 0.607. The smallest absolute Gasteiger partial charge is 0.113 e. The number of hydrogen-bond acceptors (Lipinski definition) is 2. The van der Waals surface area contributed by atoms with E-state index < -0.39 is 0 Å². The highest BCUT2D eigenvalue weighted by Gasteiger charge is 2.19. The molecule has 1 aliphatic rings. The van der Waals surface area contributed by atoms with E-state index in [4.69, 9.17) is 0 Å². The molecule has 0 saturated carbocycles. The molecule has 0 amide bonds. The Morgan fingerprint density at radius 2 is 1.92 bits per heavy atom. The van der Waals surface area contributed by atoms with Crippen LogP contribution in [0.25, 0.3) is 0 Å². The van der Waals surface area contributed by atoms with E-state index in [1.165, 1.54) is 24.2 Å². The van der Waals surface area contributed by atoms with Gasteiger partial charge in [-0.25, -0.2) is 0 Å². The predicted molar refractivity (Wildman–Crippen MR) is 55.7 cm³/mol. The Morgan fingerprint density at radius 1 is 1.23 bits per heavy atom. The SMILES string of the molecule is BC1CCCc2nc(C)c(C)nc21. The van der Waals surface area contributed by atoms with Crippen molar-refractivity contribution in [2.75, 3.05) is 0 Å². The van der Waals surface area contributed by atoms with Gasteiger partial charge in [0.15, 0.2) is 0 Å². The van der Waals surface area contributed by atoms with Crippen LogP contribution in [0.3, 0.4) is 0 Å². The Kier molecular flexibility index (Phi) is 2.10. The van der Waals surface area contributed by atoms with E-state index in [1.807, 2.05) is 13.8 Å². The molecule has 0 spiro atoms. The second-order valence-corrected chi connectivity index (χ2v) is 4.02. The quantitative estimate of drug-likeness (QED) is 0.550. The van der Waals surface area contributed by atoms with Crippen LogP contribution in [0, 0.1) is 13.8 Å². The molecule has 68 valence electrons. The third-order valence-electron chi connectivity index (χ3n) is 2.93. The van der Waals surface area contributed by atoms with Gasteiger partial charge in [0.2, 0.25) is 0 Å². The van der Waals surface area contributed by atoms with Crippen molar-refractivity contribution in [2.45, 2.75) is 38.9 Å². The topological polar surface area (TPSA) is 25.8 Å². The molecule has 1 atom stereocenters. The van der Waals surface area contributed by atoms with E-state index in [0.29, 0.717) is 5.82 Å². The highest BCUT2D eigenvalue weighted by atomic mass is 14.8. The summed E-state index contributed by atoms with van der Waals surface area (Å²) in [4.78, 5) is 9.23. The maximum absolute atomic E-state index is 4.63. The van der Waals surface area contributed by atoms with Gasteiger partial charge in [0.05, 0.1) is 22.8 Å². The molecule has 0 bridgehead atoms. The van der Waals surface area contributed by atoms with E-state index in [2.05, 4.69) is 17.8 Å². The number of rotatable bonds is 0. The molecule has 3 heteroatoms. The van der Waals surface area contributed by atoms with Crippen LogP contribution < -0.4 is 0 Å². The zero-order valence-electron chi connectivity index (χ0n) is 8.59. The Balaban J connectivity index is 2.52. The first-order chi connectivity index (χ1) is 6.18. The van der Waals surface area contributed by atoms with Gasteiger partial charge in [-0.15, -0.1) is 0 Å². The molecule has 0 fully saturated rings. The van der Waals surface area contributed by atoms with E-state index in [1.54, 1.807) is 0 Å². The van der Waals surface area contributed by atoms with Gasteiger partial charge in [-0.2, -0.15) is 0 Å². The minimum atomic E-state index is 0.607. The van der Waals surface area contributed by atoms with Crippen molar-refractivity contribution in [3.05, 3.63) is 22.8 Å².